The molecule has 0 bridgehead atoms. The number of rotatable bonds is 9. The van der Waals surface area contributed by atoms with E-state index in [-0.39, 0.29) is 13.2 Å². The minimum absolute atomic E-state index is 0.189. The number of likely N-dealkylation sites (N-methyl/N-ethyl adjacent to an activating group) is 1. The van der Waals surface area contributed by atoms with Crippen molar-refractivity contribution in [3.05, 3.63) is 56.8 Å². The molecule has 0 spiro atoms. The molecule has 0 aromatic heterocycles. The van der Waals surface area contributed by atoms with Crippen LogP contribution in [0.1, 0.15) is 25.3 Å². The summed E-state index contributed by atoms with van der Waals surface area (Å²) in [6.07, 6.45) is 0. The fourth-order valence-corrected chi connectivity index (χ4v) is 3.80. The molecule has 0 amide bonds. The van der Waals surface area contributed by atoms with Gasteiger partial charge in [0.25, 0.3) is 0 Å². The maximum atomic E-state index is 13.0. The van der Waals surface area contributed by atoms with Crippen molar-refractivity contribution in [2.24, 2.45) is 0 Å². The Morgan fingerprint density at radius 3 is 2.47 bits per heavy atom. The summed E-state index contributed by atoms with van der Waals surface area (Å²) in [6.45, 7) is 5.19. The monoisotopic (exact) mass is 480 g/mol. The molecule has 0 aliphatic carbocycles. The van der Waals surface area contributed by atoms with Gasteiger partial charge in [-0.1, -0.05) is 34.1 Å². The second-order valence-electron chi connectivity index (χ2n) is 7.08. The number of nitrogens with zero attached hydrogens (tertiary/aromatic N) is 1. The second-order valence-corrected chi connectivity index (χ2v) is 7.93. The minimum atomic E-state index is -0.652. The third kappa shape index (κ3) is 5.71. The van der Waals surface area contributed by atoms with Gasteiger partial charge in [0.15, 0.2) is 0 Å². The van der Waals surface area contributed by atoms with E-state index < -0.39 is 17.9 Å². The number of methoxy groups -OCH3 is 1. The largest absolute Gasteiger partial charge is 0.466 e. The van der Waals surface area contributed by atoms with Gasteiger partial charge < -0.3 is 24.4 Å². The highest BCUT2D eigenvalue weighted by Crippen LogP contribution is 2.41. The normalized spacial score (nSPS) is 16.6. The SMILES string of the molecule is CCOC(=O)C1=C(COCCN(C)C)NC(C)=C(C(=O)OC)C1c1ccccc1Br. The van der Waals surface area contributed by atoms with E-state index in [4.69, 9.17) is 14.2 Å². The van der Waals surface area contributed by atoms with E-state index >= 15 is 0 Å². The van der Waals surface area contributed by atoms with Crippen molar-refractivity contribution < 1.29 is 23.8 Å². The Morgan fingerprint density at radius 2 is 1.87 bits per heavy atom. The lowest BCUT2D eigenvalue weighted by Gasteiger charge is -2.31. The number of nitrogens with one attached hydrogen (secondary N) is 1. The van der Waals surface area contributed by atoms with Crippen LogP contribution in [0.25, 0.3) is 0 Å². The fourth-order valence-electron chi connectivity index (χ4n) is 3.28. The van der Waals surface area contributed by atoms with E-state index in [0.29, 0.717) is 29.1 Å². The smallest absolute Gasteiger partial charge is 0.336 e. The lowest BCUT2D eigenvalue weighted by Crippen LogP contribution is -2.35. The van der Waals surface area contributed by atoms with Crippen LogP contribution in [0.5, 0.6) is 0 Å². The molecule has 1 N–H and O–H groups in total. The van der Waals surface area contributed by atoms with E-state index in [1.165, 1.54) is 7.11 Å². The average Bonchev–Trinajstić information content (AvgIpc) is 2.70. The van der Waals surface area contributed by atoms with Gasteiger partial charge in [0.1, 0.15) is 0 Å². The number of carbonyl (C=O) groups is 2. The molecular formula is C22H29BrN2O5. The Kier molecular flexibility index (Phi) is 9.08. The van der Waals surface area contributed by atoms with Crippen LogP contribution in [0.3, 0.4) is 0 Å². The highest BCUT2D eigenvalue weighted by molar-refractivity contribution is 9.10. The molecule has 30 heavy (non-hydrogen) atoms. The number of allylic oxidation sites excluding steroid dienone is 1. The number of esters is 2. The highest BCUT2D eigenvalue weighted by atomic mass is 79.9. The quantitative estimate of drug-likeness (QED) is 0.429. The number of hydrogen-bond acceptors (Lipinski definition) is 7. The lowest BCUT2D eigenvalue weighted by molar-refractivity contribution is -0.139. The van der Waals surface area contributed by atoms with Crippen molar-refractivity contribution in [1.82, 2.24) is 10.2 Å². The molecule has 1 aromatic carbocycles. The van der Waals surface area contributed by atoms with Crippen LogP contribution < -0.4 is 5.32 Å². The van der Waals surface area contributed by atoms with Crippen molar-refractivity contribution in [3.8, 4) is 0 Å². The van der Waals surface area contributed by atoms with E-state index in [1.54, 1.807) is 13.8 Å². The highest BCUT2D eigenvalue weighted by Gasteiger charge is 2.39. The molecule has 1 heterocycles. The summed E-state index contributed by atoms with van der Waals surface area (Å²) in [6, 6.07) is 7.49. The predicted octanol–water partition coefficient (Wildman–Crippen LogP) is 2.98. The molecule has 164 valence electrons. The molecule has 1 unspecified atom stereocenters. The summed E-state index contributed by atoms with van der Waals surface area (Å²) >= 11 is 3.56. The van der Waals surface area contributed by atoms with Crippen molar-refractivity contribution in [2.75, 3.05) is 47.6 Å². The molecule has 7 nitrogen and oxygen atoms in total. The molecule has 1 aliphatic rings. The molecule has 1 aromatic rings. The summed E-state index contributed by atoms with van der Waals surface area (Å²) in [5, 5.41) is 3.18. The van der Waals surface area contributed by atoms with Gasteiger partial charge >= 0.3 is 11.9 Å². The van der Waals surface area contributed by atoms with Gasteiger partial charge in [-0.05, 0) is 39.6 Å². The van der Waals surface area contributed by atoms with Crippen molar-refractivity contribution in [3.63, 3.8) is 0 Å². The van der Waals surface area contributed by atoms with Crippen molar-refractivity contribution >= 4 is 27.9 Å². The maximum absolute atomic E-state index is 13.0. The molecule has 8 heteroatoms. The number of hydrogen-bond donors (Lipinski definition) is 1. The zero-order valence-electron chi connectivity index (χ0n) is 18.1. The first-order valence-corrected chi connectivity index (χ1v) is 10.5. The van der Waals surface area contributed by atoms with Gasteiger partial charge in [-0.25, -0.2) is 9.59 Å². The van der Waals surface area contributed by atoms with Crippen LogP contribution in [0.2, 0.25) is 0 Å². The number of dihydropyridines is 1. The molecule has 0 radical (unpaired) electrons. The van der Waals surface area contributed by atoms with E-state index in [9.17, 15) is 9.59 Å². The van der Waals surface area contributed by atoms with Gasteiger partial charge in [0.05, 0.1) is 49.7 Å². The van der Waals surface area contributed by atoms with E-state index in [0.717, 1.165) is 16.6 Å². The van der Waals surface area contributed by atoms with E-state index in [2.05, 4.69) is 21.2 Å². The van der Waals surface area contributed by atoms with Crippen molar-refractivity contribution in [2.45, 2.75) is 19.8 Å². The van der Waals surface area contributed by atoms with Crippen LogP contribution in [-0.2, 0) is 23.8 Å². The zero-order valence-corrected chi connectivity index (χ0v) is 19.7. The number of benzene rings is 1. The Labute approximate surface area is 186 Å². The summed E-state index contributed by atoms with van der Waals surface area (Å²) < 4.78 is 17.0. The maximum Gasteiger partial charge on any atom is 0.336 e. The van der Waals surface area contributed by atoms with Crippen LogP contribution in [0.4, 0.5) is 0 Å². The molecule has 1 atom stereocenters. The third-order valence-corrected chi connectivity index (χ3v) is 5.41. The van der Waals surface area contributed by atoms with Crippen LogP contribution in [-0.4, -0.2) is 64.4 Å². The van der Waals surface area contributed by atoms with Gasteiger partial charge in [0, 0.05) is 16.7 Å². The van der Waals surface area contributed by atoms with E-state index in [1.807, 2.05) is 43.3 Å². The van der Waals surface area contributed by atoms with Gasteiger partial charge in [-0.15, -0.1) is 0 Å². The first-order chi connectivity index (χ1) is 14.3. The van der Waals surface area contributed by atoms with Gasteiger partial charge in [0.2, 0.25) is 0 Å². The molecule has 2 rings (SSSR count). The molecule has 0 fully saturated rings. The Hall–Kier alpha value is -2.16. The summed E-state index contributed by atoms with van der Waals surface area (Å²) in [5.74, 6) is -1.65. The number of halogens is 1. The fraction of sp³-hybridized carbons (Fsp3) is 0.455. The summed E-state index contributed by atoms with van der Waals surface area (Å²) in [7, 11) is 5.25. The lowest BCUT2D eigenvalue weighted by atomic mass is 9.80. The number of carbonyl (C=O) groups excluding carboxylic acids is 2. The number of ether oxygens (including phenoxy) is 3. The Balaban J connectivity index is 2.58. The van der Waals surface area contributed by atoms with Gasteiger partial charge in [-0.2, -0.15) is 0 Å². The standard InChI is InChI=1S/C22H29BrN2O5/c1-6-30-22(27)20-17(13-29-12-11-25(3)4)24-14(2)18(21(26)28-5)19(20)15-9-7-8-10-16(15)23/h7-10,19,24H,6,11-13H2,1-5H3. The third-order valence-electron chi connectivity index (χ3n) is 4.69. The average molecular weight is 481 g/mol. The molecular weight excluding hydrogens is 452 g/mol. The van der Waals surface area contributed by atoms with Crippen LogP contribution in [0, 0.1) is 0 Å². The van der Waals surface area contributed by atoms with Crippen LogP contribution in [0.15, 0.2) is 51.3 Å². The molecule has 0 saturated heterocycles. The van der Waals surface area contributed by atoms with Crippen LogP contribution >= 0.6 is 15.9 Å². The summed E-state index contributed by atoms with van der Waals surface area (Å²) in [5.41, 5.74) is 2.68. The topological polar surface area (TPSA) is 77.1 Å². The molecule has 1 aliphatic heterocycles. The zero-order chi connectivity index (χ0) is 22.3. The first-order valence-electron chi connectivity index (χ1n) is 9.74. The predicted molar refractivity (Wildman–Crippen MR) is 118 cm³/mol. The Bertz CT molecular complexity index is 848. The van der Waals surface area contributed by atoms with Crippen molar-refractivity contribution in [1.29, 1.82) is 0 Å². The summed E-state index contributed by atoms with van der Waals surface area (Å²) in [4.78, 5) is 27.7. The van der Waals surface area contributed by atoms with Gasteiger partial charge in [-0.3, -0.25) is 0 Å². The minimum Gasteiger partial charge on any atom is -0.466 e. The Morgan fingerprint density at radius 1 is 1.17 bits per heavy atom. The first kappa shape index (κ1) is 24.1. The second kappa shape index (κ2) is 11.3. The molecule has 0 saturated carbocycles.